The first-order valence-corrected chi connectivity index (χ1v) is 5.21. The first-order chi connectivity index (χ1) is 6.13. The zero-order valence-corrected chi connectivity index (χ0v) is 7.67. The van der Waals surface area contributed by atoms with Crippen LogP contribution in [-0.2, 0) is 0 Å². The van der Waals surface area contributed by atoms with Gasteiger partial charge in [0.25, 0.3) is 0 Å². The number of hydrogen-bond acceptors (Lipinski definition) is 2. The van der Waals surface area contributed by atoms with Gasteiger partial charge in [0.05, 0.1) is 9.79 Å². The van der Waals surface area contributed by atoms with Crippen molar-refractivity contribution in [3.63, 3.8) is 0 Å². The molecular weight excluding hydrogens is 224 g/mol. The van der Waals surface area contributed by atoms with Crippen molar-refractivity contribution in [1.29, 1.82) is 0 Å². The highest BCUT2D eigenvalue weighted by atomic mass is 32.2. The van der Waals surface area contributed by atoms with Gasteiger partial charge in [0.2, 0.25) is 0 Å². The van der Waals surface area contributed by atoms with Crippen molar-refractivity contribution in [2.24, 2.45) is 0 Å². The molecule has 0 unspecified atom stereocenters. The molecule has 0 amide bonds. The molecule has 0 fully saturated rings. The largest absolute Gasteiger partial charge is 0.202 e. The zero-order chi connectivity index (χ0) is 9.59. The average Bonchev–Trinajstić information content (AvgIpc) is 2.59. The van der Waals surface area contributed by atoms with E-state index in [9.17, 15) is 17.6 Å². The van der Waals surface area contributed by atoms with Gasteiger partial charge in [-0.15, -0.1) is 23.5 Å². The summed E-state index contributed by atoms with van der Waals surface area (Å²) in [5.41, 5.74) is 0. The predicted molar refractivity (Wildman–Crippen MR) is 42.9 cm³/mol. The number of benzene rings is 1. The summed E-state index contributed by atoms with van der Waals surface area (Å²) in [4.78, 5) is -0.247. The second-order valence-corrected chi connectivity index (χ2v) is 4.66. The highest BCUT2D eigenvalue weighted by molar-refractivity contribution is 8.18. The summed E-state index contributed by atoms with van der Waals surface area (Å²) in [6.45, 7) is 0. The van der Waals surface area contributed by atoms with E-state index in [1.165, 1.54) is 0 Å². The molecule has 0 saturated heterocycles. The SMILES string of the molecule is Fc1c(F)c(F)c2c(c1F)SCS2. The van der Waals surface area contributed by atoms with Crippen LogP contribution >= 0.6 is 23.5 Å². The molecule has 2 rings (SSSR count). The van der Waals surface area contributed by atoms with E-state index in [1.807, 2.05) is 0 Å². The fourth-order valence-corrected chi connectivity index (χ4v) is 3.40. The average molecular weight is 226 g/mol. The van der Waals surface area contributed by atoms with E-state index in [-0.39, 0.29) is 9.79 Å². The van der Waals surface area contributed by atoms with E-state index in [0.717, 1.165) is 23.5 Å². The summed E-state index contributed by atoms with van der Waals surface area (Å²) < 4.78 is 51.1. The molecule has 1 aliphatic rings. The fraction of sp³-hybridized carbons (Fsp3) is 0.143. The molecule has 1 heterocycles. The van der Waals surface area contributed by atoms with Crippen molar-refractivity contribution in [1.82, 2.24) is 0 Å². The summed E-state index contributed by atoms with van der Waals surface area (Å²) in [7, 11) is 0. The van der Waals surface area contributed by atoms with E-state index >= 15 is 0 Å². The predicted octanol–water partition coefficient (Wildman–Crippen LogP) is 3.40. The molecule has 0 nitrogen and oxygen atoms in total. The van der Waals surface area contributed by atoms with Gasteiger partial charge in [0.1, 0.15) is 0 Å². The van der Waals surface area contributed by atoms with Crippen molar-refractivity contribution >= 4 is 23.5 Å². The minimum absolute atomic E-state index is 0.124. The third-order valence-electron chi connectivity index (χ3n) is 1.59. The molecule has 1 aliphatic heterocycles. The van der Waals surface area contributed by atoms with Gasteiger partial charge in [-0.05, 0) is 0 Å². The van der Waals surface area contributed by atoms with Crippen molar-refractivity contribution < 1.29 is 17.6 Å². The third kappa shape index (κ3) is 1.23. The minimum atomic E-state index is -1.73. The van der Waals surface area contributed by atoms with Crippen LogP contribution < -0.4 is 0 Å². The number of halogens is 4. The highest BCUT2D eigenvalue weighted by Crippen LogP contribution is 2.46. The van der Waals surface area contributed by atoms with E-state index in [1.54, 1.807) is 0 Å². The molecule has 1 aromatic rings. The lowest BCUT2D eigenvalue weighted by atomic mass is 10.3. The van der Waals surface area contributed by atoms with Crippen LogP contribution in [0.15, 0.2) is 9.79 Å². The molecule has 0 saturated carbocycles. The molecule has 0 aliphatic carbocycles. The molecule has 0 bridgehead atoms. The Morgan fingerprint density at radius 3 is 1.46 bits per heavy atom. The van der Waals surface area contributed by atoms with Crippen molar-refractivity contribution in [2.45, 2.75) is 9.79 Å². The van der Waals surface area contributed by atoms with Gasteiger partial charge in [-0.25, -0.2) is 17.6 Å². The molecule has 0 aromatic heterocycles. The van der Waals surface area contributed by atoms with E-state index in [0.29, 0.717) is 5.08 Å². The Labute approximate surface area is 79.7 Å². The first kappa shape index (κ1) is 9.21. The Morgan fingerprint density at radius 2 is 1.08 bits per heavy atom. The van der Waals surface area contributed by atoms with Crippen molar-refractivity contribution in [2.75, 3.05) is 5.08 Å². The molecule has 0 atom stereocenters. The number of fused-ring (bicyclic) bond motifs is 1. The molecular formula is C7H2F4S2. The van der Waals surface area contributed by atoms with Crippen LogP contribution in [0.5, 0.6) is 0 Å². The van der Waals surface area contributed by atoms with E-state index < -0.39 is 23.3 Å². The topological polar surface area (TPSA) is 0 Å². The van der Waals surface area contributed by atoms with E-state index in [2.05, 4.69) is 0 Å². The van der Waals surface area contributed by atoms with Gasteiger partial charge in [-0.3, -0.25) is 0 Å². The lowest BCUT2D eigenvalue weighted by Crippen LogP contribution is -1.98. The standard InChI is InChI=1S/C7H2F4S2/c8-2-3(9)5(11)7-6(4(2)10)12-1-13-7/h1H2. The normalized spacial score (nSPS) is 14.8. The van der Waals surface area contributed by atoms with Crippen LogP contribution in [0.1, 0.15) is 0 Å². The fourth-order valence-electron chi connectivity index (χ4n) is 0.997. The third-order valence-corrected chi connectivity index (χ3v) is 4.01. The van der Waals surface area contributed by atoms with Gasteiger partial charge < -0.3 is 0 Å². The number of thioether (sulfide) groups is 2. The summed E-state index contributed by atoms with van der Waals surface area (Å²) in [5, 5.41) is 0.381. The van der Waals surface area contributed by atoms with Gasteiger partial charge in [0, 0.05) is 5.08 Å². The summed E-state index contributed by atoms with van der Waals surface area (Å²) in [5.74, 6) is -6.04. The molecule has 0 N–H and O–H groups in total. The minimum Gasteiger partial charge on any atom is -0.202 e. The van der Waals surface area contributed by atoms with Gasteiger partial charge in [-0.2, -0.15) is 0 Å². The quantitative estimate of drug-likeness (QED) is 0.378. The summed E-state index contributed by atoms with van der Waals surface area (Å²) in [6.07, 6.45) is 0. The monoisotopic (exact) mass is 226 g/mol. The van der Waals surface area contributed by atoms with E-state index in [4.69, 9.17) is 0 Å². The number of hydrogen-bond donors (Lipinski definition) is 0. The maximum atomic E-state index is 12.9. The Bertz CT molecular complexity index is 342. The Hall–Kier alpha value is -0.360. The van der Waals surface area contributed by atoms with Crippen molar-refractivity contribution in [3.8, 4) is 0 Å². The van der Waals surface area contributed by atoms with Crippen LogP contribution in [0.2, 0.25) is 0 Å². The smallest absolute Gasteiger partial charge is 0.198 e. The first-order valence-electron chi connectivity index (χ1n) is 3.24. The number of rotatable bonds is 0. The van der Waals surface area contributed by atoms with Gasteiger partial charge >= 0.3 is 0 Å². The molecule has 6 heteroatoms. The maximum Gasteiger partial charge on any atom is 0.198 e. The Morgan fingerprint density at radius 1 is 0.692 bits per heavy atom. The maximum absolute atomic E-state index is 12.9. The van der Waals surface area contributed by atoms with Crippen LogP contribution in [0, 0.1) is 23.3 Å². The Kier molecular flexibility index (Phi) is 2.19. The second kappa shape index (κ2) is 3.09. The highest BCUT2D eigenvalue weighted by Gasteiger charge is 2.28. The molecule has 0 spiro atoms. The second-order valence-electron chi connectivity index (χ2n) is 2.32. The lowest BCUT2D eigenvalue weighted by molar-refractivity contribution is 0.385. The molecule has 13 heavy (non-hydrogen) atoms. The lowest BCUT2D eigenvalue weighted by Gasteiger charge is -2.03. The van der Waals surface area contributed by atoms with Crippen molar-refractivity contribution in [3.05, 3.63) is 23.3 Å². The van der Waals surface area contributed by atoms with Crippen LogP contribution in [0.25, 0.3) is 0 Å². The molecule has 0 radical (unpaired) electrons. The summed E-state index contributed by atoms with van der Waals surface area (Å²) >= 11 is 1.95. The molecule has 1 aromatic carbocycles. The Balaban J connectivity index is 2.77. The molecule has 70 valence electrons. The van der Waals surface area contributed by atoms with Crippen LogP contribution in [-0.4, -0.2) is 5.08 Å². The van der Waals surface area contributed by atoms with Gasteiger partial charge in [-0.1, -0.05) is 0 Å². The summed E-state index contributed by atoms with van der Waals surface area (Å²) in [6, 6.07) is 0. The van der Waals surface area contributed by atoms with Gasteiger partial charge in [0.15, 0.2) is 23.3 Å². The van der Waals surface area contributed by atoms with Crippen LogP contribution in [0.3, 0.4) is 0 Å². The van der Waals surface area contributed by atoms with Crippen LogP contribution in [0.4, 0.5) is 17.6 Å². The zero-order valence-electron chi connectivity index (χ0n) is 6.04.